The van der Waals surface area contributed by atoms with E-state index in [4.69, 9.17) is 9.29 Å². The van der Waals surface area contributed by atoms with Crippen molar-refractivity contribution in [2.75, 3.05) is 31.2 Å². The Kier molecular flexibility index (Phi) is 7.84. The van der Waals surface area contributed by atoms with Gasteiger partial charge in [0.2, 0.25) is 0 Å². The second-order valence-electron chi connectivity index (χ2n) is 5.70. The van der Waals surface area contributed by atoms with Crippen LogP contribution in [0, 0.1) is 0 Å². The van der Waals surface area contributed by atoms with Gasteiger partial charge in [-0.2, -0.15) is 8.42 Å². The first-order chi connectivity index (χ1) is 13.0. The number of aliphatic hydroxyl groups is 1. The lowest BCUT2D eigenvalue weighted by Crippen LogP contribution is -2.21. The van der Waals surface area contributed by atoms with Crippen molar-refractivity contribution >= 4 is 28.2 Å². The highest BCUT2D eigenvalue weighted by molar-refractivity contribution is 7.82. The van der Waals surface area contributed by atoms with Crippen molar-refractivity contribution in [2.45, 2.75) is 13.8 Å². The predicted octanol–water partition coefficient (Wildman–Crippen LogP) is 3.34. The molecular weight excluding hydrogens is 366 g/mol. The van der Waals surface area contributed by atoms with Crippen molar-refractivity contribution in [1.29, 1.82) is 0 Å². The molecule has 0 heterocycles. The van der Waals surface area contributed by atoms with Gasteiger partial charge in [-0.25, -0.2) is 4.18 Å². The summed E-state index contributed by atoms with van der Waals surface area (Å²) in [5.41, 5.74) is 3.18. The van der Waals surface area contributed by atoms with Gasteiger partial charge in [0.15, 0.2) is 0 Å². The molecule has 2 rings (SSSR count). The molecule has 0 aliphatic carbocycles. The van der Waals surface area contributed by atoms with Gasteiger partial charge in [-0.1, -0.05) is 36.4 Å². The molecule has 27 heavy (non-hydrogen) atoms. The monoisotopic (exact) mass is 391 g/mol. The Morgan fingerprint density at radius 2 is 1.44 bits per heavy atom. The molecule has 0 saturated carbocycles. The highest BCUT2D eigenvalue weighted by Crippen LogP contribution is 2.19. The molecule has 0 aliphatic rings. The van der Waals surface area contributed by atoms with Gasteiger partial charge in [-0.05, 0) is 49.2 Å². The number of anilines is 1. The van der Waals surface area contributed by atoms with Crippen molar-refractivity contribution in [3.05, 3.63) is 59.7 Å². The van der Waals surface area contributed by atoms with E-state index in [0.717, 1.165) is 24.2 Å². The molecule has 6 nitrogen and oxygen atoms in total. The number of aliphatic hydroxyl groups excluding tert-OH is 1. The first kappa shape index (κ1) is 21.0. The first-order valence-corrected chi connectivity index (χ1v) is 10.1. The zero-order valence-electron chi connectivity index (χ0n) is 15.5. The highest BCUT2D eigenvalue weighted by Gasteiger charge is 2.12. The van der Waals surface area contributed by atoms with E-state index in [1.165, 1.54) is 5.69 Å². The van der Waals surface area contributed by atoms with Crippen molar-refractivity contribution in [1.82, 2.24) is 0 Å². The number of rotatable bonds is 10. The van der Waals surface area contributed by atoms with Crippen LogP contribution in [0.4, 0.5) is 5.69 Å². The van der Waals surface area contributed by atoms with Crippen LogP contribution in [0.25, 0.3) is 12.2 Å². The van der Waals surface area contributed by atoms with Crippen LogP contribution in [0.5, 0.6) is 5.75 Å². The minimum absolute atomic E-state index is 0.147. The molecule has 2 aromatic carbocycles. The maximum Gasteiger partial charge on any atom is 0.449 e. The zero-order chi connectivity index (χ0) is 19.7. The minimum Gasteiger partial charge on any atom is -0.394 e. The normalized spacial score (nSPS) is 11.7. The van der Waals surface area contributed by atoms with Gasteiger partial charge in [0.05, 0.1) is 13.2 Å². The summed E-state index contributed by atoms with van der Waals surface area (Å²) in [5, 5.41) is 8.60. The van der Waals surface area contributed by atoms with E-state index >= 15 is 0 Å². The van der Waals surface area contributed by atoms with Crippen LogP contribution >= 0.6 is 0 Å². The first-order valence-electron chi connectivity index (χ1n) is 8.80. The molecule has 0 aromatic heterocycles. The van der Waals surface area contributed by atoms with Crippen molar-refractivity contribution in [2.24, 2.45) is 0 Å². The Morgan fingerprint density at radius 1 is 0.926 bits per heavy atom. The molecule has 0 fully saturated rings. The summed E-state index contributed by atoms with van der Waals surface area (Å²) in [6.45, 7) is 5.48. The quantitative estimate of drug-likeness (QED) is 0.626. The van der Waals surface area contributed by atoms with Crippen LogP contribution in [0.3, 0.4) is 0 Å². The largest absolute Gasteiger partial charge is 0.449 e. The van der Waals surface area contributed by atoms with E-state index in [0.29, 0.717) is 0 Å². The van der Waals surface area contributed by atoms with Crippen molar-refractivity contribution in [3.8, 4) is 5.75 Å². The van der Waals surface area contributed by atoms with Crippen LogP contribution in [0.1, 0.15) is 25.0 Å². The second-order valence-corrected chi connectivity index (χ2v) is 6.92. The van der Waals surface area contributed by atoms with Gasteiger partial charge in [-0.15, -0.1) is 0 Å². The summed E-state index contributed by atoms with van der Waals surface area (Å²) in [6.07, 6.45) is 3.93. The predicted molar refractivity (Wildman–Crippen MR) is 108 cm³/mol. The van der Waals surface area contributed by atoms with E-state index in [1.54, 1.807) is 24.3 Å². The number of hydrogen-bond donors (Lipinski definition) is 1. The van der Waals surface area contributed by atoms with Crippen LogP contribution in [-0.2, 0) is 14.6 Å². The fourth-order valence-electron chi connectivity index (χ4n) is 2.49. The number of nitrogens with zero attached hydrogens (tertiary/aromatic N) is 1. The average molecular weight is 391 g/mol. The zero-order valence-corrected chi connectivity index (χ0v) is 16.4. The molecule has 0 bridgehead atoms. The Labute approximate surface area is 161 Å². The molecule has 0 spiro atoms. The smallest absolute Gasteiger partial charge is 0.394 e. The molecule has 0 saturated heterocycles. The third-order valence-corrected chi connectivity index (χ3v) is 4.74. The SMILES string of the molecule is CCN(CC)c1ccc(/C=C/c2ccc(OS(=O)(=O)OCCO)cc2)cc1. The molecule has 0 unspecified atom stereocenters. The fourth-order valence-corrected chi connectivity index (χ4v) is 3.17. The lowest BCUT2D eigenvalue weighted by molar-refractivity contribution is 0.190. The van der Waals surface area contributed by atoms with Gasteiger partial charge < -0.3 is 14.2 Å². The van der Waals surface area contributed by atoms with E-state index < -0.39 is 17.0 Å². The van der Waals surface area contributed by atoms with Crippen molar-refractivity contribution < 1.29 is 21.9 Å². The van der Waals surface area contributed by atoms with Gasteiger partial charge in [-0.3, -0.25) is 0 Å². The molecule has 0 aliphatic heterocycles. The van der Waals surface area contributed by atoms with E-state index in [1.807, 2.05) is 12.2 Å². The standard InChI is InChI=1S/C20H25NO5S/c1-3-21(4-2)19-11-7-17(8-12-19)5-6-18-9-13-20(14-10-18)26-27(23,24)25-16-15-22/h5-14,22H,3-4,15-16H2,1-2H3/b6-5+. The van der Waals surface area contributed by atoms with Crippen LogP contribution in [0.2, 0.25) is 0 Å². The molecule has 7 heteroatoms. The Bertz CT molecular complexity index is 826. The minimum atomic E-state index is -4.16. The van der Waals surface area contributed by atoms with Gasteiger partial charge in [0.25, 0.3) is 0 Å². The molecule has 0 radical (unpaired) electrons. The highest BCUT2D eigenvalue weighted by atomic mass is 32.3. The fraction of sp³-hybridized carbons (Fsp3) is 0.300. The summed E-state index contributed by atoms with van der Waals surface area (Å²) in [6, 6.07) is 14.9. The van der Waals surface area contributed by atoms with E-state index in [9.17, 15) is 8.42 Å². The summed E-state index contributed by atoms with van der Waals surface area (Å²) in [4.78, 5) is 2.28. The van der Waals surface area contributed by atoms with E-state index in [2.05, 4.69) is 47.2 Å². The lowest BCUT2D eigenvalue weighted by Gasteiger charge is -2.20. The van der Waals surface area contributed by atoms with Gasteiger partial charge in [0.1, 0.15) is 5.75 Å². The van der Waals surface area contributed by atoms with Crippen molar-refractivity contribution in [3.63, 3.8) is 0 Å². The van der Waals surface area contributed by atoms with Gasteiger partial charge >= 0.3 is 10.4 Å². The molecular formula is C20H25NO5S. The Morgan fingerprint density at radius 3 is 1.93 bits per heavy atom. The number of hydrogen-bond acceptors (Lipinski definition) is 6. The second kappa shape index (κ2) is 10.1. The summed E-state index contributed by atoms with van der Waals surface area (Å²) in [5.74, 6) is 0.147. The molecule has 0 atom stereocenters. The van der Waals surface area contributed by atoms with Crippen LogP contribution < -0.4 is 9.08 Å². The topological polar surface area (TPSA) is 76.1 Å². The molecule has 0 amide bonds. The Hall–Kier alpha value is -2.35. The third kappa shape index (κ3) is 6.71. The maximum absolute atomic E-state index is 11.5. The van der Waals surface area contributed by atoms with Gasteiger partial charge in [0, 0.05) is 18.8 Å². The number of benzene rings is 2. The molecule has 2 aromatic rings. The van der Waals surface area contributed by atoms with Crippen LogP contribution in [0.15, 0.2) is 48.5 Å². The average Bonchev–Trinajstić information content (AvgIpc) is 2.67. The maximum atomic E-state index is 11.5. The third-order valence-electron chi connectivity index (χ3n) is 3.89. The lowest BCUT2D eigenvalue weighted by atomic mass is 10.1. The Balaban J connectivity index is 1.99. The summed E-state index contributed by atoms with van der Waals surface area (Å²) >= 11 is 0. The molecule has 1 N–H and O–H groups in total. The van der Waals surface area contributed by atoms with Crippen LogP contribution in [-0.4, -0.2) is 39.8 Å². The summed E-state index contributed by atoms with van der Waals surface area (Å²) < 4.78 is 32.2. The summed E-state index contributed by atoms with van der Waals surface area (Å²) in [7, 11) is -4.16. The van der Waals surface area contributed by atoms with E-state index in [-0.39, 0.29) is 12.4 Å². The molecule has 146 valence electrons.